The van der Waals surface area contributed by atoms with Crippen LogP contribution in [0, 0.1) is 6.92 Å². The van der Waals surface area contributed by atoms with E-state index in [1.165, 1.54) is 24.3 Å². The number of carbonyl (C=O) groups excluding carboxylic acids is 1. The molecule has 1 aliphatic heterocycles. The highest BCUT2D eigenvalue weighted by atomic mass is 32.1. The molecule has 1 aromatic rings. The molecule has 1 aromatic heterocycles. The van der Waals surface area contributed by atoms with Crippen molar-refractivity contribution in [3.05, 3.63) is 21.9 Å². The first-order chi connectivity index (χ1) is 8.20. The minimum absolute atomic E-state index is 0.0750. The van der Waals surface area contributed by atoms with Crippen LogP contribution in [0.2, 0.25) is 0 Å². The number of thiophene rings is 1. The third-order valence-electron chi connectivity index (χ3n) is 3.37. The third-order valence-corrected chi connectivity index (χ3v) is 4.37. The Morgan fingerprint density at radius 1 is 1.59 bits per heavy atom. The lowest BCUT2D eigenvalue weighted by Crippen LogP contribution is -2.39. The number of nitrogens with one attached hydrogen (secondary N) is 1. The van der Waals surface area contributed by atoms with Gasteiger partial charge in [0.1, 0.15) is 0 Å². The summed E-state index contributed by atoms with van der Waals surface area (Å²) < 4.78 is 0. The van der Waals surface area contributed by atoms with E-state index in [4.69, 9.17) is 0 Å². The van der Waals surface area contributed by atoms with Crippen molar-refractivity contribution in [1.29, 1.82) is 0 Å². The third kappa shape index (κ3) is 3.07. The van der Waals surface area contributed by atoms with Gasteiger partial charge in [0.25, 0.3) is 5.91 Å². The molecule has 0 aliphatic carbocycles. The lowest BCUT2D eigenvalue weighted by atomic mass is 10.2. The molecule has 1 atom stereocenters. The molecule has 1 amide bonds. The van der Waals surface area contributed by atoms with E-state index in [0.29, 0.717) is 6.04 Å². The van der Waals surface area contributed by atoms with Gasteiger partial charge in [-0.15, -0.1) is 11.3 Å². The molecule has 1 aliphatic rings. The first-order valence-corrected chi connectivity index (χ1v) is 7.11. The molecule has 1 N–H and O–H groups in total. The lowest BCUT2D eigenvalue weighted by Gasteiger charge is -2.22. The van der Waals surface area contributed by atoms with Gasteiger partial charge in [0.05, 0.1) is 4.88 Å². The number of carbonyl (C=O) groups is 1. The molecule has 0 aromatic carbocycles. The Morgan fingerprint density at radius 2 is 2.41 bits per heavy atom. The zero-order valence-electron chi connectivity index (χ0n) is 10.5. The van der Waals surface area contributed by atoms with Crippen LogP contribution in [0.15, 0.2) is 12.1 Å². The highest BCUT2D eigenvalue weighted by molar-refractivity contribution is 7.13. The van der Waals surface area contributed by atoms with Gasteiger partial charge in [-0.25, -0.2) is 0 Å². The van der Waals surface area contributed by atoms with Crippen molar-refractivity contribution in [2.45, 2.75) is 32.7 Å². The van der Waals surface area contributed by atoms with Crippen molar-refractivity contribution in [2.75, 3.05) is 19.6 Å². The molecule has 2 rings (SSSR count). The highest BCUT2D eigenvalue weighted by Gasteiger charge is 2.23. The molecule has 94 valence electrons. The average molecular weight is 252 g/mol. The second kappa shape index (κ2) is 5.65. The number of likely N-dealkylation sites (N-methyl/N-ethyl adjacent to an activating group) is 1. The van der Waals surface area contributed by atoms with E-state index >= 15 is 0 Å². The fourth-order valence-electron chi connectivity index (χ4n) is 2.40. The van der Waals surface area contributed by atoms with E-state index < -0.39 is 0 Å². The van der Waals surface area contributed by atoms with E-state index in [9.17, 15) is 4.79 Å². The lowest BCUT2D eigenvalue weighted by molar-refractivity contribution is 0.0945. The van der Waals surface area contributed by atoms with Crippen molar-refractivity contribution < 1.29 is 4.79 Å². The smallest absolute Gasteiger partial charge is 0.261 e. The van der Waals surface area contributed by atoms with Crippen LogP contribution in [0.3, 0.4) is 0 Å². The molecule has 0 radical (unpaired) electrons. The molecule has 4 heteroatoms. The summed E-state index contributed by atoms with van der Waals surface area (Å²) in [7, 11) is 0. The van der Waals surface area contributed by atoms with Crippen molar-refractivity contribution in [3.63, 3.8) is 0 Å². The first kappa shape index (κ1) is 12.6. The normalized spacial score (nSPS) is 20.7. The second-order valence-corrected chi connectivity index (χ2v) is 5.83. The van der Waals surface area contributed by atoms with E-state index in [0.717, 1.165) is 18.0 Å². The standard InChI is InChI=1S/C13H20N2OS/c1-3-15-8-4-5-11(15)9-14-13(16)12-7-6-10(2)17-12/h6-7,11H,3-5,8-9H2,1-2H3,(H,14,16). The molecule has 0 bridgehead atoms. The number of rotatable bonds is 4. The summed E-state index contributed by atoms with van der Waals surface area (Å²) in [6, 6.07) is 4.43. The maximum Gasteiger partial charge on any atom is 0.261 e. The van der Waals surface area contributed by atoms with Gasteiger partial charge in [-0.05, 0) is 45.0 Å². The Bertz CT molecular complexity index is 389. The van der Waals surface area contributed by atoms with Gasteiger partial charge in [-0.2, -0.15) is 0 Å². The predicted octanol–water partition coefficient (Wildman–Crippen LogP) is 2.27. The van der Waals surface area contributed by atoms with E-state index in [1.54, 1.807) is 11.3 Å². The van der Waals surface area contributed by atoms with Crippen LogP contribution >= 0.6 is 11.3 Å². The quantitative estimate of drug-likeness (QED) is 0.891. The van der Waals surface area contributed by atoms with E-state index in [2.05, 4.69) is 17.1 Å². The van der Waals surface area contributed by atoms with Crippen LogP contribution in [0.25, 0.3) is 0 Å². The maximum atomic E-state index is 11.9. The minimum atomic E-state index is 0.0750. The summed E-state index contributed by atoms with van der Waals surface area (Å²) >= 11 is 1.56. The average Bonchev–Trinajstić information content (AvgIpc) is 2.94. The fourth-order valence-corrected chi connectivity index (χ4v) is 3.18. The zero-order valence-corrected chi connectivity index (χ0v) is 11.3. The summed E-state index contributed by atoms with van der Waals surface area (Å²) in [6.07, 6.45) is 2.46. The van der Waals surface area contributed by atoms with Gasteiger partial charge in [0, 0.05) is 17.5 Å². The van der Waals surface area contributed by atoms with Gasteiger partial charge in [-0.1, -0.05) is 6.92 Å². The Hall–Kier alpha value is -0.870. The van der Waals surface area contributed by atoms with Gasteiger partial charge in [-0.3, -0.25) is 9.69 Å². The number of aryl methyl sites for hydroxylation is 1. The highest BCUT2D eigenvalue weighted by Crippen LogP contribution is 2.17. The number of nitrogens with zero attached hydrogens (tertiary/aromatic N) is 1. The molecule has 0 saturated carbocycles. The van der Waals surface area contributed by atoms with Crippen LogP contribution in [0.4, 0.5) is 0 Å². The number of likely N-dealkylation sites (tertiary alicyclic amines) is 1. The molecule has 17 heavy (non-hydrogen) atoms. The first-order valence-electron chi connectivity index (χ1n) is 6.29. The largest absolute Gasteiger partial charge is 0.350 e. The molecular formula is C13H20N2OS. The molecule has 2 heterocycles. The number of hydrogen-bond acceptors (Lipinski definition) is 3. The predicted molar refractivity (Wildman–Crippen MR) is 71.7 cm³/mol. The topological polar surface area (TPSA) is 32.3 Å². The summed E-state index contributed by atoms with van der Waals surface area (Å²) in [5, 5.41) is 3.05. The van der Waals surface area contributed by atoms with E-state index in [1.807, 2.05) is 19.1 Å². The van der Waals surface area contributed by atoms with Crippen molar-refractivity contribution in [1.82, 2.24) is 10.2 Å². The molecule has 1 saturated heterocycles. The van der Waals surface area contributed by atoms with Crippen molar-refractivity contribution in [3.8, 4) is 0 Å². The number of hydrogen-bond donors (Lipinski definition) is 1. The Labute approximate surface area is 107 Å². The van der Waals surface area contributed by atoms with Crippen LogP contribution in [0.5, 0.6) is 0 Å². The van der Waals surface area contributed by atoms with Gasteiger partial charge < -0.3 is 5.32 Å². The molecular weight excluding hydrogens is 232 g/mol. The van der Waals surface area contributed by atoms with Crippen molar-refractivity contribution in [2.24, 2.45) is 0 Å². The summed E-state index contributed by atoms with van der Waals surface area (Å²) in [4.78, 5) is 16.3. The second-order valence-electron chi connectivity index (χ2n) is 4.54. The monoisotopic (exact) mass is 252 g/mol. The molecule has 1 fully saturated rings. The van der Waals surface area contributed by atoms with Gasteiger partial charge >= 0.3 is 0 Å². The summed E-state index contributed by atoms with van der Waals surface area (Å²) in [5.74, 6) is 0.0750. The van der Waals surface area contributed by atoms with Gasteiger partial charge in [0.15, 0.2) is 0 Å². The molecule has 1 unspecified atom stereocenters. The molecule has 0 spiro atoms. The SMILES string of the molecule is CCN1CCCC1CNC(=O)c1ccc(C)s1. The summed E-state index contributed by atoms with van der Waals surface area (Å²) in [6.45, 7) is 7.25. The number of amides is 1. The Balaban J connectivity index is 1.84. The van der Waals surface area contributed by atoms with Crippen LogP contribution in [0.1, 0.15) is 34.3 Å². The summed E-state index contributed by atoms with van der Waals surface area (Å²) in [5.41, 5.74) is 0. The Kier molecular flexibility index (Phi) is 4.18. The van der Waals surface area contributed by atoms with Crippen LogP contribution in [-0.4, -0.2) is 36.5 Å². The zero-order chi connectivity index (χ0) is 12.3. The van der Waals surface area contributed by atoms with Crippen molar-refractivity contribution >= 4 is 17.2 Å². The minimum Gasteiger partial charge on any atom is -0.350 e. The maximum absolute atomic E-state index is 11.9. The van der Waals surface area contributed by atoms with E-state index in [-0.39, 0.29) is 5.91 Å². The van der Waals surface area contributed by atoms with Crippen LogP contribution < -0.4 is 5.32 Å². The molecule has 3 nitrogen and oxygen atoms in total. The van der Waals surface area contributed by atoms with Crippen LogP contribution in [-0.2, 0) is 0 Å². The fraction of sp³-hybridized carbons (Fsp3) is 0.615. The van der Waals surface area contributed by atoms with Gasteiger partial charge in [0.2, 0.25) is 0 Å². The Morgan fingerprint density at radius 3 is 3.06 bits per heavy atom.